The summed E-state index contributed by atoms with van der Waals surface area (Å²) in [6, 6.07) is 8.52. The lowest BCUT2D eigenvalue weighted by atomic mass is 10.2. The number of carbonyl (C=O) groups is 1. The SMILES string of the molecule is Nc1cccnc1C(=O)Nc1ccc(Cl)cc1I. The third kappa shape index (κ3) is 2.91. The van der Waals surface area contributed by atoms with Crippen LogP contribution in [0.1, 0.15) is 10.5 Å². The molecule has 0 fully saturated rings. The summed E-state index contributed by atoms with van der Waals surface area (Å²) < 4.78 is 0.850. The Morgan fingerprint density at radius 3 is 2.83 bits per heavy atom. The molecule has 0 aliphatic rings. The molecular formula is C12H9ClIN3O. The number of aromatic nitrogens is 1. The van der Waals surface area contributed by atoms with Gasteiger partial charge in [-0.3, -0.25) is 4.79 Å². The maximum absolute atomic E-state index is 12.0. The minimum Gasteiger partial charge on any atom is -0.397 e. The zero-order valence-electron chi connectivity index (χ0n) is 9.15. The fourth-order valence-corrected chi connectivity index (χ4v) is 2.39. The average molecular weight is 374 g/mol. The van der Waals surface area contributed by atoms with Crippen molar-refractivity contribution in [1.82, 2.24) is 4.98 Å². The van der Waals surface area contributed by atoms with Gasteiger partial charge in [-0.1, -0.05) is 11.6 Å². The van der Waals surface area contributed by atoms with Gasteiger partial charge in [-0.05, 0) is 52.9 Å². The number of hydrogen-bond acceptors (Lipinski definition) is 3. The summed E-state index contributed by atoms with van der Waals surface area (Å²) in [4.78, 5) is 15.9. The molecule has 0 atom stereocenters. The number of pyridine rings is 1. The maximum Gasteiger partial charge on any atom is 0.276 e. The second-order valence-corrected chi connectivity index (χ2v) is 5.12. The van der Waals surface area contributed by atoms with Crippen LogP contribution in [-0.2, 0) is 0 Å². The first-order valence-corrected chi connectivity index (χ1v) is 6.50. The summed E-state index contributed by atoms with van der Waals surface area (Å²) >= 11 is 7.94. The molecule has 0 aliphatic heterocycles. The molecule has 2 aromatic rings. The lowest BCUT2D eigenvalue weighted by Gasteiger charge is -2.08. The predicted molar refractivity (Wildman–Crippen MR) is 80.8 cm³/mol. The summed E-state index contributed by atoms with van der Waals surface area (Å²) in [5, 5.41) is 3.37. The van der Waals surface area contributed by atoms with E-state index in [2.05, 4.69) is 32.9 Å². The molecule has 0 radical (unpaired) electrons. The highest BCUT2D eigenvalue weighted by molar-refractivity contribution is 14.1. The number of nitrogens with one attached hydrogen (secondary N) is 1. The van der Waals surface area contributed by atoms with Crippen LogP contribution in [0, 0.1) is 3.57 Å². The number of anilines is 2. The van der Waals surface area contributed by atoms with Gasteiger partial charge in [0.2, 0.25) is 0 Å². The molecule has 0 aliphatic carbocycles. The zero-order valence-corrected chi connectivity index (χ0v) is 12.1. The number of nitrogens with two attached hydrogens (primary N) is 1. The van der Waals surface area contributed by atoms with E-state index in [1.807, 2.05) is 0 Å². The molecular weight excluding hydrogens is 365 g/mol. The van der Waals surface area contributed by atoms with Gasteiger partial charge < -0.3 is 11.1 Å². The standard InChI is InChI=1S/C12H9ClIN3O/c13-7-3-4-10(8(14)6-7)17-12(18)11-9(15)2-1-5-16-11/h1-6H,15H2,(H,17,18). The van der Waals surface area contributed by atoms with Gasteiger partial charge in [-0.25, -0.2) is 4.98 Å². The normalized spacial score (nSPS) is 10.1. The fraction of sp³-hybridized carbons (Fsp3) is 0. The number of amides is 1. The summed E-state index contributed by atoms with van der Waals surface area (Å²) in [7, 11) is 0. The van der Waals surface area contributed by atoms with E-state index < -0.39 is 0 Å². The van der Waals surface area contributed by atoms with Crippen LogP contribution in [-0.4, -0.2) is 10.9 Å². The van der Waals surface area contributed by atoms with Gasteiger partial charge in [0, 0.05) is 14.8 Å². The van der Waals surface area contributed by atoms with Crippen molar-refractivity contribution in [2.45, 2.75) is 0 Å². The van der Waals surface area contributed by atoms with E-state index in [1.54, 1.807) is 30.3 Å². The molecule has 1 amide bonds. The molecule has 0 bridgehead atoms. The van der Waals surface area contributed by atoms with E-state index >= 15 is 0 Å². The quantitative estimate of drug-likeness (QED) is 0.795. The Labute approximate surface area is 123 Å². The first kappa shape index (κ1) is 13.1. The molecule has 0 saturated heterocycles. The molecule has 92 valence electrons. The lowest BCUT2D eigenvalue weighted by Crippen LogP contribution is -2.16. The first-order valence-electron chi connectivity index (χ1n) is 5.05. The van der Waals surface area contributed by atoms with Crippen LogP contribution in [0.3, 0.4) is 0 Å². The molecule has 4 nitrogen and oxygen atoms in total. The monoisotopic (exact) mass is 373 g/mol. The van der Waals surface area contributed by atoms with Crippen LogP contribution in [0.4, 0.5) is 11.4 Å². The Kier molecular flexibility index (Phi) is 4.03. The maximum atomic E-state index is 12.0. The summed E-state index contributed by atoms with van der Waals surface area (Å²) in [6.07, 6.45) is 1.53. The minimum absolute atomic E-state index is 0.211. The van der Waals surface area contributed by atoms with Crippen molar-refractivity contribution in [3.63, 3.8) is 0 Å². The van der Waals surface area contributed by atoms with Crippen molar-refractivity contribution in [1.29, 1.82) is 0 Å². The second-order valence-electron chi connectivity index (χ2n) is 3.52. The molecule has 1 aromatic heterocycles. The smallest absolute Gasteiger partial charge is 0.276 e. The Hall–Kier alpha value is -1.34. The minimum atomic E-state index is -0.340. The van der Waals surface area contributed by atoms with E-state index in [0.717, 1.165) is 3.57 Å². The van der Waals surface area contributed by atoms with Gasteiger partial charge >= 0.3 is 0 Å². The molecule has 3 N–H and O–H groups in total. The van der Waals surface area contributed by atoms with Crippen LogP contribution in [0.2, 0.25) is 5.02 Å². The largest absolute Gasteiger partial charge is 0.397 e. The summed E-state index contributed by atoms with van der Waals surface area (Å²) in [6.45, 7) is 0. The topological polar surface area (TPSA) is 68.0 Å². The van der Waals surface area contributed by atoms with Gasteiger partial charge in [-0.15, -0.1) is 0 Å². The highest BCUT2D eigenvalue weighted by atomic mass is 127. The lowest BCUT2D eigenvalue weighted by molar-refractivity contribution is 0.102. The number of nitrogen functional groups attached to an aromatic ring is 1. The van der Waals surface area contributed by atoms with E-state index in [-0.39, 0.29) is 11.6 Å². The molecule has 1 heterocycles. The number of halogens is 2. The fourth-order valence-electron chi connectivity index (χ4n) is 1.38. The predicted octanol–water partition coefficient (Wildman–Crippen LogP) is 3.17. The first-order chi connectivity index (χ1) is 8.58. The molecule has 6 heteroatoms. The van der Waals surface area contributed by atoms with Crippen molar-refractivity contribution in [3.05, 3.63) is 50.8 Å². The highest BCUT2D eigenvalue weighted by Crippen LogP contribution is 2.23. The highest BCUT2D eigenvalue weighted by Gasteiger charge is 2.12. The van der Waals surface area contributed by atoms with Gasteiger partial charge in [0.15, 0.2) is 5.69 Å². The average Bonchev–Trinajstić information content (AvgIpc) is 2.33. The van der Waals surface area contributed by atoms with Crippen molar-refractivity contribution in [3.8, 4) is 0 Å². The molecule has 1 aromatic carbocycles. The van der Waals surface area contributed by atoms with Gasteiger partial charge in [0.25, 0.3) is 5.91 Å². The van der Waals surface area contributed by atoms with Crippen molar-refractivity contribution < 1.29 is 4.79 Å². The van der Waals surface area contributed by atoms with Gasteiger partial charge in [0.1, 0.15) is 0 Å². The van der Waals surface area contributed by atoms with E-state index in [4.69, 9.17) is 17.3 Å². The van der Waals surface area contributed by atoms with Crippen molar-refractivity contribution >= 4 is 51.5 Å². The van der Waals surface area contributed by atoms with Crippen LogP contribution in [0.25, 0.3) is 0 Å². The Bertz CT molecular complexity index is 604. The molecule has 0 saturated carbocycles. The Balaban J connectivity index is 2.24. The molecule has 18 heavy (non-hydrogen) atoms. The van der Waals surface area contributed by atoms with Crippen molar-refractivity contribution in [2.75, 3.05) is 11.1 Å². The second kappa shape index (κ2) is 5.53. The Morgan fingerprint density at radius 1 is 1.39 bits per heavy atom. The van der Waals surface area contributed by atoms with Crippen LogP contribution < -0.4 is 11.1 Å². The van der Waals surface area contributed by atoms with Crippen LogP contribution in [0.15, 0.2) is 36.5 Å². The molecule has 2 rings (SSSR count). The van der Waals surface area contributed by atoms with Gasteiger partial charge in [-0.2, -0.15) is 0 Å². The molecule has 0 unspecified atom stereocenters. The number of hydrogen-bond donors (Lipinski definition) is 2. The van der Waals surface area contributed by atoms with E-state index in [9.17, 15) is 4.79 Å². The number of rotatable bonds is 2. The van der Waals surface area contributed by atoms with E-state index in [1.165, 1.54) is 6.20 Å². The Morgan fingerprint density at radius 2 is 2.17 bits per heavy atom. The van der Waals surface area contributed by atoms with Gasteiger partial charge in [0.05, 0.1) is 11.4 Å². The molecule has 0 spiro atoms. The summed E-state index contributed by atoms with van der Waals surface area (Å²) in [5.74, 6) is -0.340. The summed E-state index contributed by atoms with van der Waals surface area (Å²) in [5.41, 5.74) is 6.92. The number of carbonyl (C=O) groups excluding carboxylic acids is 1. The third-order valence-corrected chi connectivity index (χ3v) is 3.36. The third-order valence-electron chi connectivity index (χ3n) is 2.23. The van der Waals surface area contributed by atoms with Crippen molar-refractivity contribution in [2.24, 2.45) is 0 Å². The van der Waals surface area contributed by atoms with Crippen LogP contribution >= 0.6 is 34.2 Å². The number of nitrogens with zero attached hydrogens (tertiary/aromatic N) is 1. The zero-order chi connectivity index (χ0) is 13.1. The van der Waals surface area contributed by atoms with E-state index in [0.29, 0.717) is 16.4 Å². The van der Waals surface area contributed by atoms with Crippen LogP contribution in [0.5, 0.6) is 0 Å². The number of benzene rings is 1.